The number of nitrogens with two attached hydrogens (primary N) is 1. The number of carbonyl (C=O) groups is 4. The SMILES string of the molecule is NCCCC[C@H](NC(=O)[C@@H](Cc1cc(Br)c(O)cc1Br)NC(=O)N1CCC(N2Cc3ccccc3NC2=O)CC1)C(=O)N1CCN(c2ccncc2)CC1. The molecule has 0 saturated carbocycles. The fourth-order valence-corrected chi connectivity index (χ4v) is 8.17. The molecule has 6 rings (SSSR count). The van der Waals surface area contributed by atoms with Gasteiger partial charge in [0.25, 0.3) is 0 Å². The van der Waals surface area contributed by atoms with Crippen LogP contribution in [0.25, 0.3) is 0 Å². The number of phenolic OH excluding ortho intramolecular Hbond substituents is 1. The van der Waals surface area contributed by atoms with Crippen molar-refractivity contribution in [3.63, 3.8) is 0 Å². The number of fused-ring (bicyclic) bond motifs is 1. The minimum absolute atomic E-state index is 0.0269. The fourth-order valence-electron chi connectivity index (χ4n) is 7.28. The van der Waals surface area contributed by atoms with Crippen LogP contribution in [0.5, 0.6) is 5.75 Å². The first-order valence-electron chi connectivity index (χ1n) is 18.4. The number of rotatable bonds is 12. The lowest BCUT2D eigenvalue weighted by atomic mass is 10.0. The van der Waals surface area contributed by atoms with E-state index in [4.69, 9.17) is 5.73 Å². The van der Waals surface area contributed by atoms with Crippen molar-refractivity contribution in [1.29, 1.82) is 0 Å². The first-order chi connectivity index (χ1) is 26.1. The van der Waals surface area contributed by atoms with Gasteiger partial charge in [-0.25, -0.2) is 9.59 Å². The lowest BCUT2D eigenvalue weighted by molar-refractivity contribution is -0.137. The standard InChI is InChI=1S/C38H47Br2N9O5/c39-29-23-34(50)30(40)21-26(29)22-33(45-37(53)48-15-10-28(11-16-48)49-24-25-5-1-2-6-31(25)44-38(49)54)35(51)43-32(7-3-4-12-41)36(52)47-19-17-46(18-20-47)27-8-13-42-14-9-27/h1-2,5-6,8-9,13-14,21,23,28,32-33,50H,3-4,7,10-12,15-20,22,24,41H2,(H,43,51)(H,44,54)(H,45,53)/t32-,33+/m0/s1. The number of phenols is 1. The van der Waals surface area contributed by atoms with E-state index in [1.807, 2.05) is 41.3 Å². The molecule has 4 heterocycles. The molecule has 6 N–H and O–H groups in total. The van der Waals surface area contributed by atoms with Crippen LogP contribution in [0.1, 0.15) is 43.2 Å². The Kier molecular flexibility index (Phi) is 13.3. The molecule has 3 aliphatic rings. The highest BCUT2D eigenvalue weighted by Crippen LogP contribution is 2.32. The van der Waals surface area contributed by atoms with Crippen molar-refractivity contribution in [1.82, 2.24) is 30.3 Å². The van der Waals surface area contributed by atoms with E-state index in [-0.39, 0.29) is 30.2 Å². The summed E-state index contributed by atoms with van der Waals surface area (Å²) in [6, 6.07) is 12.4. The van der Waals surface area contributed by atoms with E-state index in [1.54, 1.807) is 28.3 Å². The molecule has 14 nitrogen and oxygen atoms in total. The number of piperazine rings is 1. The summed E-state index contributed by atoms with van der Waals surface area (Å²) in [7, 11) is 0. The van der Waals surface area contributed by atoms with E-state index in [1.165, 1.54) is 6.07 Å². The second kappa shape index (κ2) is 18.3. The van der Waals surface area contributed by atoms with Crippen LogP contribution in [0.2, 0.25) is 0 Å². The van der Waals surface area contributed by atoms with Gasteiger partial charge in [-0.05, 0) is 96.0 Å². The number of pyridine rings is 1. The number of unbranched alkanes of at least 4 members (excludes halogenated alkanes) is 1. The summed E-state index contributed by atoms with van der Waals surface area (Å²) in [5, 5.41) is 19.2. The van der Waals surface area contributed by atoms with Crippen LogP contribution in [-0.4, -0.2) is 113 Å². The van der Waals surface area contributed by atoms with Crippen molar-refractivity contribution in [3.8, 4) is 5.75 Å². The quantitative estimate of drug-likeness (QED) is 0.167. The maximum absolute atomic E-state index is 14.2. The number of hydrogen-bond acceptors (Lipinski definition) is 8. The van der Waals surface area contributed by atoms with Crippen molar-refractivity contribution in [2.45, 2.75) is 63.2 Å². The van der Waals surface area contributed by atoms with Gasteiger partial charge in [0.05, 0.1) is 4.47 Å². The van der Waals surface area contributed by atoms with Gasteiger partial charge in [-0.3, -0.25) is 14.6 Å². The molecule has 3 aliphatic heterocycles. The molecule has 2 saturated heterocycles. The Balaban J connectivity index is 1.13. The van der Waals surface area contributed by atoms with E-state index in [0.29, 0.717) is 99.0 Å². The molecular weight excluding hydrogens is 822 g/mol. The highest BCUT2D eigenvalue weighted by molar-refractivity contribution is 9.11. The van der Waals surface area contributed by atoms with Crippen LogP contribution in [0.15, 0.2) is 69.9 Å². The molecule has 16 heteroatoms. The van der Waals surface area contributed by atoms with Gasteiger partial charge in [-0.1, -0.05) is 34.1 Å². The molecule has 2 atom stereocenters. The third-order valence-electron chi connectivity index (χ3n) is 10.4. The van der Waals surface area contributed by atoms with Gasteiger partial charge in [-0.15, -0.1) is 0 Å². The van der Waals surface area contributed by atoms with Crippen LogP contribution in [0, 0.1) is 0 Å². The van der Waals surface area contributed by atoms with Gasteiger partial charge >= 0.3 is 12.1 Å². The zero-order chi connectivity index (χ0) is 38.2. The highest BCUT2D eigenvalue weighted by Gasteiger charge is 2.35. The molecule has 54 heavy (non-hydrogen) atoms. The summed E-state index contributed by atoms with van der Waals surface area (Å²) in [6.07, 6.45) is 6.51. The summed E-state index contributed by atoms with van der Waals surface area (Å²) >= 11 is 6.86. The predicted molar refractivity (Wildman–Crippen MR) is 213 cm³/mol. The maximum Gasteiger partial charge on any atom is 0.322 e. The fraction of sp³-hybridized carbons (Fsp3) is 0.447. The number of nitrogens with one attached hydrogen (secondary N) is 3. The molecule has 2 fully saturated rings. The van der Waals surface area contributed by atoms with E-state index in [9.17, 15) is 24.3 Å². The van der Waals surface area contributed by atoms with E-state index < -0.39 is 24.0 Å². The Morgan fingerprint density at radius 1 is 0.907 bits per heavy atom. The second-order valence-corrected chi connectivity index (χ2v) is 15.6. The van der Waals surface area contributed by atoms with Crippen LogP contribution in [0.3, 0.4) is 0 Å². The molecule has 288 valence electrons. The molecule has 0 bridgehead atoms. The minimum atomic E-state index is -1.04. The van der Waals surface area contributed by atoms with Crippen LogP contribution in [-0.2, 0) is 22.6 Å². The zero-order valence-electron chi connectivity index (χ0n) is 30.1. The van der Waals surface area contributed by atoms with Crippen molar-refractivity contribution in [2.24, 2.45) is 5.73 Å². The molecule has 1 aromatic heterocycles. The topological polar surface area (TPSA) is 176 Å². The number of aromatic hydroxyl groups is 1. The first-order valence-corrected chi connectivity index (χ1v) is 20.0. The van der Waals surface area contributed by atoms with E-state index in [0.717, 1.165) is 16.9 Å². The van der Waals surface area contributed by atoms with Crippen LogP contribution in [0.4, 0.5) is 21.0 Å². The zero-order valence-corrected chi connectivity index (χ0v) is 33.2. The number of hydrogen-bond donors (Lipinski definition) is 5. The Hall–Kier alpha value is -4.41. The van der Waals surface area contributed by atoms with Gasteiger partial charge in [-0.2, -0.15) is 0 Å². The monoisotopic (exact) mass is 867 g/mol. The lowest BCUT2D eigenvalue weighted by Crippen LogP contribution is -2.59. The average Bonchev–Trinajstić information content (AvgIpc) is 3.19. The molecule has 3 aromatic rings. The number of benzene rings is 2. The summed E-state index contributed by atoms with van der Waals surface area (Å²) in [4.78, 5) is 66.6. The Morgan fingerprint density at radius 3 is 2.35 bits per heavy atom. The molecule has 2 aromatic carbocycles. The number of aromatic nitrogens is 1. The summed E-state index contributed by atoms with van der Waals surface area (Å²) in [5.74, 6) is -0.627. The highest BCUT2D eigenvalue weighted by atomic mass is 79.9. The number of amides is 6. The summed E-state index contributed by atoms with van der Waals surface area (Å²) < 4.78 is 1.01. The van der Waals surface area contributed by atoms with E-state index >= 15 is 0 Å². The number of halogens is 2. The summed E-state index contributed by atoms with van der Waals surface area (Å²) in [6.45, 7) is 4.06. The average molecular weight is 870 g/mol. The number of nitrogens with zero attached hydrogens (tertiary/aromatic N) is 5. The Morgan fingerprint density at radius 2 is 1.63 bits per heavy atom. The number of para-hydroxylation sites is 1. The van der Waals surface area contributed by atoms with Crippen molar-refractivity contribution in [2.75, 3.05) is 56.0 Å². The van der Waals surface area contributed by atoms with E-state index in [2.05, 4.69) is 57.7 Å². The van der Waals surface area contributed by atoms with Crippen molar-refractivity contribution < 1.29 is 24.3 Å². The summed E-state index contributed by atoms with van der Waals surface area (Å²) in [5.41, 5.74) is 9.37. The van der Waals surface area contributed by atoms with Crippen molar-refractivity contribution in [3.05, 3.63) is 81.0 Å². The number of urea groups is 2. The van der Waals surface area contributed by atoms with Gasteiger partial charge in [0.15, 0.2) is 0 Å². The maximum atomic E-state index is 14.2. The minimum Gasteiger partial charge on any atom is -0.507 e. The Bertz CT molecular complexity index is 1800. The Labute approximate surface area is 332 Å². The van der Waals surface area contributed by atoms with Crippen LogP contribution < -0.4 is 26.6 Å². The molecular formula is C38H47Br2N9O5. The van der Waals surface area contributed by atoms with Gasteiger partial charge < -0.3 is 46.4 Å². The second-order valence-electron chi connectivity index (χ2n) is 13.9. The smallest absolute Gasteiger partial charge is 0.322 e. The van der Waals surface area contributed by atoms with Gasteiger partial charge in [0.2, 0.25) is 11.8 Å². The largest absolute Gasteiger partial charge is 0.507 e. The molecule has 0 spiro atoms. The molecule has 0 radical (unpaired) electrons. The number of anilines is 2. The van der Waals surface area contributed by atoms with Crippen LogP contribution >= 0.6 is 31.9 Å². The normalized spacial score (nSPS) is 17.4. The van der Waals surface area contributed by atoms with Gasteiger partial charge in [0, 0.05) is 86.5 Å². The first kappa shape index (κ1) is 39.3. The van der Waals surface area contributed by atoms with Crippen molar-refractivity contribution >= 4 is 67.1 Å². The predicted octanol–water partition coefficient (Wildman–Crippen LogP) is 4.41. The number of piperidine rings is 1. The third kappa shape index (κ3) is 9.63. The molecule has 0 aliphatic carbocycles. The number of carbonyl (C=O) groups excluding carboxylic acids is 4. The van der Waals surface area contributed by atoms with Gasteiger partial charge in [0.1, 0.15) is 17.8 Å². The number of likely N-dealkylation sites (tertiary alicyclic amines) is 1. The third-order valence-corrected chi connectivity index (χ3v) is 11.8. The lowest BCUT2D eigenvalue weighted by Gasteiger charge is -2.40. The molecule has 0 unspecified atom stereocenters. The molecule has 6 amide bonds.